The van der Waals surface area contributed by atoms with Gasteiger partial charge in [-0.3, -0.25) is 0 Å². The number of likely N-dealkylation sites (tertiary alicyclic amines) is 1. The standard InChI is InChI=1S/C11H11F3N2O/c12-7-5-8(13)10(9(14)6-7)15-11(17)16-3-1-2-4-16/h5-6H,1-4H2,(H,15,17). The lowest BCUT2D eigenvalue weighted by Gasteiger charge is -2.16. The second kappa shape index (κ2) is 4.65. The van der Waals surface area contributed by atoms with Gasteiger partial charge in [-0.15, -0.1) is 0 Å². The van der Waals surface area contributed by atoms with E-state index in [1.165, 1.54) is 4.90 Å². The number of rotatable bonds is 1. The lowest BCUT2D eigenvalue weighted by molar-refractivity contribution is 0.222. The smallest absolute Gasteiger partial charge is 0.322 e. The van der Waals surface area contributed by atoms with Crippen LogP contribution in [0.4, 0.5) is 23.7 Å². The Balaban J connectivity index is 2.15. The van der Waals surface area contributed by atoms with Crippen LogP contribution in [0.2, 0.25) is 0 Å². The number of benzene rings is 1. The minimum atomic E-state index is -1.12. The number of carbonyl (C=O) groups is 1. The first-order valence-corrected chi connectivity index (χ1v) is 5.28. The van der Waals surface area contributed by atoms with E-state index in [-0.39, 0.29) is 0 Å². The van der Waals surface area contributed by atoms with Gasteiger partial charge in [0.05, 0.1) is 0 Å². The van der Waals surface area contributed by atoms with Crippen LogP contribution in [0, 0.1) is 17.5 Å². The summed E-state index contributed by atoms with van der Waals surface area (Å²) >= 11 is 0. The van der Waals surface area contributed by atoms with Crippen molar-refractivity contribution in [2.24, 2.45) is 0 Å². The highest BCUT2D eigenvalue weighted by molar-refractivity contribution is 5.89. The first-order chi connectivity index (χ1) is 8.08. The van der Waals surface area contributed by atoms with Crippen molar-refractivity contribution in [2.75, 3.05) is 18.4 Å². The molecule has 1 aromatic carbocycles. The van der Waals surface area contributed by atoms with Gasteiger partial charge in [0, 0.05) is 25.2 Å². The molecule has 0 unspecified atom stereocenters. The molecule has 0 spiro atoms. The third-order valence-electron chi connectivity index (χ3n) is 2.63. The molecule has 1 N–H and O–H groups in total. The van der Waals surface area contributed by atoms with Gasteiger partial charge in [-0.1, -0.05) is 0 Å². The topological polar surface area (TPSA) is 32.3 Å². The van der Waals surface area contributed by atoms with Gasteiger partial charge in [0.1, 0.15) is 11.5 Å². The Bertz CT molecular complexity index is 421. The Morgan fingerprint density at radius 3 is 2.18 bits per heavy atom. The zero-order valence-corrected chi connectivity index (χ0v) is 8.97. The fourth-order valence-electron chi connectivity index (χ4n) is 1.77. The zero-order chi connectivity index (χ0) is 12.4. The van der Waals surface area contributed by atoms with Gasteiger partial charge in [0.25, 0.3) is 0 Å². The van der Waals surface area contributed by atoms with Crippen LogP contribution in [0.1, 0.15) is 12.8 Å². The fourth-order valence-corrected chi connectivity index (χ4v) is 1.77. The van der Waals surface area contributed by atoms with Crippen molar-refractivity contribution < 1.29 is 18.0 Å². The lowest BCUT2D eigenvalue weighted by atomic mass is 10.3. The molecule has 17 heavy (non-hydrogen) atoms. The van der Waals surface area contributed by atoms with Gasteiger partial charge in [0.2, 0.25) is 0 Å². The first-order valence-electron chi connectivity index (χ1n) is 5.28. The number of hydrogen-bond donors (Lipinski definition) is 1. The van der Waals surface area contributed by atoms with Crippen molar-refractivity contribution in [1.82, 2.24) is 4.90 Å². The molecule has 0 bridgehead atoms. The molecule has 92 valence electrons. The molecule has 0 saturated carbocycles. The first kappa shape index (κ1) is 11.8. The number of hydrogen-bond acceptors (Lipinski definition) is 1. The van der Waals surface area contributed by atoms with E-state index in [4.69, 9.17) is 0 Å². The third-order valence-corrected chi connectivity index (χ3v) is 2.63. The Morgan fingerprint density at radius 1 is 1.12 bits per heavy atom. The average Bonchev–Trinajstić information content (AvgIpc) is 2.76. The van der Waals surface area contributed by atoms with Crippen LogP contribution < -0.4 is 5.32 Å². The molecular weight excluding hydrogens is 233 g/mol. The van der Waals surface area contributed by atoms with Gasteiger partial charge in [-0.25, -0.2) is 18.0 Å². The van der Waals surface area contributed by atoms with Crippen LogP contribution in [-0.2, 0) is 0 Å². The van der Waals surface area contributed by atoms with Crippen LogP contribution in [0.3, 0.4) is 0 Å². The van der Waals surface area contributed by atoms with Crippen molar-refractivity contribution >= 4 is 11.7 Å². The zero-order valence-electron chi connectivity index (χ0n) is 8.97. The van der Waals surface area contributed by atoms with Crippen molar-refractivity contribution in [3.05, 3.63) is 29.6 Å². The van der Waals surface area contributed by atoms with Crippen molar-refractivity contribution in [2.45, 2.75) is 12.8 Å². The second-order valence-electron chi connectivity index (χ2n) is 3.87. The predicted molar refractivity (Wildman–Crippen MR) is 56.1 cm³/mol. The monoisotopic (exact) mass is 244 g/mol. The van der Waals surface area contributed by atoms with E-state index in [9.17, 15) is 18.0 Å². The molecule has 0 radical (unpaired) electrons. The van der Waals surface area contributed by atoms with E-state index in [1.54, 1.807) is 0 Å². The van der Waals surface area contributed by atoms with E-state index >= 15 is 0 Å². The number of nitrogens with one attached hydrogen (secondary N) is 1. The Labute approximate surface area is 96.2 Å². The summed E-state index contributed by atoms with van der Waals surface area (Å²) in [6.07, 6.45) is 1.75. The summed E-state index contributed by atoms with van der Waals surface area (Å²) in [6, 6.07) is 0.498. The SMILES string of the molecule is O=C(Nc1c(F)cc(F)cc1F)N1CCCC1. The van der Waals surface area contributed by atoms with Crippen molar-refractivity contribution in [3.63, 3.8) is 0 Å². The molecule has 0 atom stereocenters. The molecule has 1 fully saturated rings. The van der Waals surface area contributed by atoms with Crippen LogP contribution in [0.5, 0.6) is 0 Å². The number of anilines is 1. The van der Waals surface area contributed by atoms with Gasteiger partial charge in [0.15, 0.2) is 11.6 Å². The Morgan fingerprint density at radius 2 is 1.65 bits per heavy atom. The van der Waals surface area contributed by atoms with E-state index in [0.717, 1.165) is 12.8 Å². The van der Waals surface area contributed by atoms with Crippen molar-refractivity contribution in [1.29, 1.82) is 0 Å². The summed E-state index contributed by atoms with van der Waals surface area (Å²) in [5, 5.41) is 2.12. The largest absolute Gasteiger partial charge is 0.325 e. The summed E-state index contributed by atoms with van der Waals surface area (Å²) in [7, 11) is 0. The predicted octanol–water partition coefficient (Wildman–Crippen LogP) is 2.73. The number of urea groups is 1. The quantitative estimate of drug-likeness (QED) is 0.809. The summed E-state index contributed by atoms with van der Waals surface area (Å²) < 4.78 is 39.1. The fraction of sp³-hybridized carbons (Fsp3) is 0.364. The maximum Gasteiger partial charge on any atom is 0.322 e. The van der Waals surface area contributed by atoms with Crippen LogP contribution in [-0.4, -0.2) is 24.0 Å². The molecule has 0 aliphatic carbocycles. The van der Waals surface area contributed by atoms with E-state index < -0.39 is 29.2 Å². The maximum atomic E-state index is 13.2. The molecule has 2 amide bonds. The summed E-state index contributed by atoms with van der Waals surface area (Å²) in [5.41, 5.74) is -0.608. The second-order valence-corrected chi connectivity index (χ2v) is 3.87. The molecule has 1 aromatic rings. The molecular formula is C11H11F3N2O. The number of carbonyl (C=O) groups excluding carboxylic acids is 1. The van der Waals surface area contributed by atoms with Gasteiger partial charge in [-0.2, -0.15) is 0 Å². The molecule has 2 rings (SSSR count). The average molecular weight is 244 g/mol. The minimum Gasteiger partial charge on any atom is -0.325 e. The maximum absolute atomic E-state index is 13.2. The summed E-state index contributed by atoms with van der Waals surface area (Å²) in [6.45, 7) is 1.13. The molecule has 3 nitrogen and oxygen atoms in total. The Hall–Kier alpha value is -1.72. The number of nitrogens with zero attached hydrogens (tertiary/aromatic N) is 1. The number of halogens is 3. The van der Waals surface area contributed by atoms with Gasteiger partial charge >= 0.3 is 6.03 Å². The highest BCUT2D eigenvalue weighted by Gasteiger charge is 2.21. The molecule has 1 aliphatic rings. The van der Waals surface area contributed by atoms with Crippen LogP contribution in [0.25, 0.3) is 0 Å². The molecule has 1 aliphatic heterocycles. The highest BCUT2D eigenvalue weighted by atomic mass is 19.1. The summed E-state index contributed by atoms with van der Waals surface area (Å²) in [4.78, 5) is 13.1. The van der Waals surface area contributed by atoms with Crippen LogP contribution >= 0.6 is 0 Å². The van der Waals surface area contributed by atoms with Gasteiger partial charge < -0.3 is 10.2 Å². The van der Waals surface area contributed by atoms with E-state index in [0.29, 0.717) is 25.2 Å². The lowest BCUT2D eigenvalue weighted by Crippen LogP contribution is -2.32. The molecule has 0 aromatic heterocycles. The van der Waals surface area contributed by atoms with Crippen molar-refractivity contribution in [3.8, 4) is 0 Å². The van der Waals surface area contributed by atoms with Gasteiger partial charge in [-0.05, 0) is 12.8 Å². The molecule has 6 heteroatoms. The number of amides is 2. The van der Waals surface area contributed by atoms with E-state index in [2.05, 4.69) is 5.32 Å². The Kier molecular flexibility index (Phi) is 3.21. The molecule has 1 heterocycles. The molecule has 1 saturated heterocycles. The van der Waals surface area contributed by atoms with Crippen LogP contribution in [0.15, 0.2) is 12.1 Å². The normalized spacial score (nSPS) is 15.1. The minimum absolute atomic E-state index is 0.530. The van der Waals surface area contributed by atoms with E-state index in [1.807, 2.05) is 0 Å². The highest BCUT2D eigenvalue weighted by Crippen LogP contribution is 2.21. The summed E-state index contributed by atoms with van der Waals surface area (Å²) in [5.74, 6) is -3.25. The third kappa shape index (κ3) is 2.51.